The molecule has 3 aromatic rings. The molecule has 0 bridgehead atoms. The first kappa shape index (κ1) is 22.6. The van der Waals surface area contributed by atoms with E-state index in [2.05, 4.69) is 27.8 Å². The summed E-state index contributed by atoms with van der Waals surface area (Å²) in [6.07, 6.45) is 4.41. The number of nitrogens with one attached hydrogen (secondary N) is 2. The van der Waals surface area contributed by atoms with Crippen LogP contribution in [0, 0.1) is 5.92 Å². The topological polar surface area (TPSA) is 118 Å². The number of hydrogen-bond donors (Lipinski definition) is 3. The van der Waals surface area contributed by atoms with E-state index in [4.69, 9.17) is 9.84 Å². The molecule has 178 valence electrons. The lowest BCUT2D eigenvalue weighted by molar-refractivity contribution is -0.118. The van der Waals surface area contributed by atoms with Crippen molar-refractivity contribution in [2.75, 3.05) is 11.9 Å². The van der Waals surface area contributed by atoms with Gasteiger partial charge >= 0.3 is 12.1 Å². The monoisotopic (exact) mass is 471 g/mol. The number of fused-ring (bicyclic) bond motifs is 3. The molecule has 0 unspecified atom stereocenters. The number of carbonyl (C=O) groups is 3. The minimum atomic E-state index is -1.14. The number of ether oxygens (including phenoxy) is 1. The number of carboxylic acids is 1. The van der Waals surface area contributed by atoms with Crippen LogP contribution in [0.3, 0.4) is 0 Å². The Hall–Kier alpha value is -4.20. The summed E-state index contributed by atoms with van der Waals surface area (Å²) >= 11 is 0. The molecule has 8 heteroatoms. The number of aromatic carboxylic acids is 1. The van der Waals surface area contributed by atoms with Gasteiger partial charge in [-0.15, -0.1) is 0 Å². The van der Waals surface area contributed by atoms with Crippen LogP contribution < -0.4 is 10.6 Å². The molecule has 1 fully saturated rings. The molecule has 0 saturated heterocycles. The van der Waals surface area contributed by atoms with E-state index >= 15 is 0 Å². The van der Waals surface area contributed by atoms with E-state index in [0.29, 0.717) is 12.3 Å². The number of amides is 2. The van der Waals surface area contributed by atoms with Gasteiger partial charge in [0.05, 0.1) is 17.4 Å². The van der Waals surface area contributed by atoms with E-state index in [0.717, 1.165) is 35.1 Å². The number of hydrogen-bond acceptors (Lipinski definition) is 5. The zero-order valence-corrected chi connectivity index (χ0v) is 18.9. The molecule has 8 nitrogen and oxygen atoms in total. The van der Waals surface area contributed by atoms with Crippen molar-refractivity contribution >= 4 is 23.7 Å². The van der Waals surface area contributed by atoms with Crippen molar-refractivity contribution in [1.29, 1.82) is 0 Å². The minimum absolute atomic E-state index is 0.0361. The maximum atomic E-state index is 12.9. The highest BCUT2D eigenvalue weighted by atomic mass is 16.5. The van der Waals surface area contributed by atoms with Crippen LogP contribution in [0.5, 0.6) is 0 Å². The Labute approximate surface area is 202 Å². The summed E-state index contributed by atoms with van der Waals surface area (Å²) in [5, 5.41) is 14.5. The third kappa shape index (κ3) is 5.01. The highest BCUT2D eigenvalue weighted by Gasteiger charge is 2.32. The molecule has 2 amide bonds. The fourth-order valence-corrected chi connectivity index (χ4v) is 4.56. The number of benzene rings is 2. The van der Waals surface area contributed by atoms with Crippen LogP contribution in [-0.4, -0.2) is 40.7 Å². The zero-order chi connectivity index (χ0) is 24.4. The van der Waals surface area contributed by atoms with Crippen LogP contribution in [0.4, 0.5) is 10.5 Å². The maximum Gasteiger partial charge on any atom is 0.407 e. The molecule has 1 aromatic heterocycles. The summed E-state index contributed by atoms with van der Waals surface area (Å²) < 4.78 is 5.60. The lowest BCUT2D eigenvalue weighted by atomic mass is 9.98. The van der Waals surface area contributed by atoms with Gasteiger partial charge in [0, 0.05) is 12.1 Å². The quantitative estimate of drug-likeness (QED) is 0.448. The van der Waals surface area contributed by atoms with Crippen molar-refractivity contribution in [3.63, 3.8) is 0 Å². The lowest BCUT2D eigenvalue weighted by Gasteiger charge is -2.20. The highest BCUT2D eigenvalue weighted by Crippen LogP contribution is 2.44. The van der Waals surface area contributed by atoms with E-state index in [1.807, 2.05) is 36.4 Å². The number of carbonyl (C=O) groups excluding carboxylic acids is 2. The summed E-state index contributed by atoms with van der Waals surface area (Å²) in [6.45, 7) is 0.155. The fraction of sp³-hybridized carbons (Fsp3) is 0.259. The molecule has 2 aliphatic carbocycles. The van der Waals surface area contributed by atoms with Gasteiger partial charge in [-0.3, -0.25) is 9.78 Å². The molecule has 0 spiro atoms. The first-order chi connectivity index (χ1) is 17.0. The van der Waals surface area contributed by atoms with Gasteiger partial charge in [-0.1, -0.05) is 61.4 Å². The predicted molar refractivity (Wildman–Crippen MR) is 129 cm³/mol. The molecule has 1 atom stereocenters. The van der Waals surface area contributed by atoms with Crippen LogP contribution in [0.2, 0.25) is 0 Å². The van der Waals surface area contributed by atoms with Gasteiger partial charge in [0.25, 0.3) is 0 Å². The molecule has 1 heterocycles. The number of aromatic nitrogens is 1. The molecule has 0 radical (unpaired) electrons. The van der Waals surface area contributed by atoms with Crippen molar-refractivity contribution in [3.05, 3.63) is 83.7 Å². The second-order valence-electron chi connectivity index (χ2n) is 8.96. The summed E-state index contributed by atoms with van der Waals surface area (Å²) in [5.41, 5.74) is 4.72. The number of nitrogens with zero attached hydrogens (tertiary/aromatic N) is 1. The van der Waals surface area contributed by atoms with Gasteiger partial charge in [-0.25, -0.2) is 9.59 Å². The maximum absolute atomic E-state index is 12.9. The Morgan fingerprint density at radius 1 is 1.00 bits per heavy atom. The van der Waals surface area contributed by atoms with Crippen molar-refractivity contribution in [3.8, 4) is 11.1 Å². The van der Waals surface area contributed by atoms with Gasteiger partial charge in [0.15, 0.2) is 0 Å². The number of alkyl carbamates (subject to hydrolysis) is 1. The second-order valence-corrected chi connectivity index (χ2v) is 8.96. The first-order valence-electron chi connectivity index (χ1n) is 11.6. The van der Waals surface area contributed by atoms with Gasteiger partial charge < -0.3 is 20.5 Å². The minimum Gasteiger partial charge on any atom is -0.478 e. The number of rotatable bonds is 8. The van der Waals surface area contributed by atoms with Crippen molar-refractivity contribution < 1.29 is 24.2 Å². The summed E-state index contributed by atoms with van der Waals surface area (Å²) in [5.74, 6) is -1.29. The van der Waals surface area contributed by atoms with E-state index in [-0.39, 0.29) is 23.8 Å². The largest absolute Gasteiger partial charge is 0.478 e. The fourth-order valence-electron chi connectivity index (χ4n) is 4.56. The normalized spacial score (nSPS) is 15.0. The zero-order valence-electron chi connectivity index (χ0n) is 18.9. The standard InChI is InChI=1S/C27H25N3O5/c31-25(29-18-12-17(26(32)33)13-28-14-18)24(11-16-9-10-16)30-27(34)35-15-23-21-7-3-1-5-19(21)20-6-2-4-8-22(20)23/h1-8,12-14,16,23-24H,9-11,15H2,(H,29,31)(H,30,34)(H,32,33)/t24-/m0/s1. The summed E-state index contributed by atoms with van der Waals surface area (Å²) in [4.78, 5) is 40.7. The average molecular weight is 472 g/mol. The van der Waals surface area contributed by atoms with E-state index < -0.39 is 24.0 Å². The number of anilines is 1. The average Bonchev–Trinajstić information content (AvgIpc) is 3.63. The molecular weight excluding hydrogens is 446 g/mol. The number of carboxylic acid groups (broad SMARTS) is 1. The molecule has 1 saturated carbocycles. The van der Waals surface area contributed by atoms with Crippen LogP contribution in [0.15, 0.2) is 67.0 Å². The van der Waals surface area contributed by atoms with Gasteiger partial charge in [0.2, 0.25) is 5.91 Å². The number of pyridine rings is 1. The van der Waals surface area contributed by atoms with Crippen LogP contribution >= 0.6 is 0 Å². The van der Waals surface area contributed by atoms with Crippen LogP contribution in [-0.2, 0) is 9.53 Å². The molecule has 5 rings (SSSR count). The Morgan fingerprint density at radius 3 is 2.29 bits per heavy atom. The Morgan fingerprint density at radius 2 is 1.66 bits per heavy atom. The third-order valence-electron chi connectivity index (χ3n) is 6.47. The summed E-state index contributed by atoms with van der Waals surface area (Å²) in [7, 11) is 0. The van der Waals surface area contributed by atoms with Gasteiger partial charge in [-0.05, 0) is 40.7 Å². The first-order valence-corrected chi connectivity index (χ1v) is 11.6. The Kier molecular flexibility index (Phi) is 6.18. The Balaban J connectivity index is 1.24. The Bertz CT molecular complexity index is 1240. The van der Waals surface area contributed by atoms with E-state index in [1.165, 1.54) is 18.5 Å². The van der Waals surface area contributed by atoms with Crippen molar-refractivity contribution in [2.24, 2.45) is 5.92 Å². The summed E-state index contributed by atoms with van der Waals surface area (Å²) in [6, 6.07) is 16.7. The highest BCUT2D eigenvalue weighted by molar-refractivity contribution is 5.97. The molecule has 35 heavy (non-hydrogen) atoms. The lowest BCUT2D eigenvalue weighted by Crippen LogP contribution is -2.44. The molecular formula is C27H25N3O5. The predicted octanol–water partition coefficient (Wildman–Crippen LogP) is 4.43. The third-order valence-corrected chi connectivity index (χ3v) is 6.47. The SMILES string of the molecule is O=C(N[C@@H](CC1CC1)C(=O)Nc1cncc(C(=O)O)c1)OCC1c2ccccc2-c2ccccc21. The second kappa shape index (κ2) is 9.58. The van der Waals surface area contributed by atoms with Crippen molar-refractivity contribution in [2.45, 2.75) is 31.2 Å². The van der Waals surface area contributed by atoms with Crippen LogP contribution in [0.25, 0.3) is 11.1 Å². The molecule has 3 N–H and O–H groups in total. The van der Waals surface area contributed by atoms with Gasteiger partial charge in [0.1, 0.15) is 12.6 Å². The smallest absolute Gasteiger partial charge is 0.407 e. The molecule has 0 aliphatic heterocycles. The van der Waals surface area contributed by atoms with E-state index in [1.54, 1.807) is 0 Å². The van der Waals surface area contributed by atoms with Crippen molar-refractivity contribution in [1.82, 2.24) is 10.3 Å². The van der Waals surface area contributed by atoms with Gasteiger partial charge in [-0.2, -0.15) is 0 Å². The van der Waals surface area contributed by atoms with E-state index in [9.17, 15) is 14.4 Å². The molecule has 2 aromatic carbocycles. The van der Waals surface area contributed by atoms with Crippen LogP contribution in [0.1, 0.15) is 46.7 Å². The molecule has 2 aliphatic rings.